The van der Waals surface area contributed by atoms with Gasteiger partial charge in [-0.25, -0.2) is 0 Å². The molecule has 0 spiro atoms. The number of fused-ring (bicyclic) bond motifs is 1. The standard InChI is InChI=1S/C17H13ClN2O3/c18-13-3-1-2-12(10-13)17-20-19-16(23-17)9-11-4-5-14-15(8-11)22-7-6-21-14/h1-5,8,10H,6-7,9H2. The van der Waals surface area contributed by atoms with E-state index in [1.54, 1.807) is 12.1 Å². The molecule has 23 heavy (non-hydrogen) atoms. The van der Waals surface area contributed by atoms with Crippen LogP contribution in [0.1, 0.15) is 11.5 Å². The first-order chi connectivity index (χ1) is 11.3. The Bertz CT molecular complexity index is 847. The van der Waals surface area contributed by atoms with Crippen molar-refractivity contribution in [3.8, 4) is 23.0 Å². The number of halogens is 1. The average molecular weight is 329 g/mol. The summed E-state index contributed by atoms with van der Waals surface area (Å²) < 4.78 is 16.8. The van der Waals surface area contributed by atoms with Crippen LogP contribution in [0, 0.1) is 0 Å². The molecule has 5 nitrogen and oxygen atoms in total. The number of rotatable bonds is 3. The van der Waals surface area contributed by atoms with Crippen LogP contribution >= 0.6 is 11.6 Å². The fraction of sp³-hybridized carbons (Fsp3) is 0.176. The minimum absolute atomic E-state index is 0.458. The van der Waals surface area contributed by atoms with Gasteiger partial charge >= 0.3 is 0 Å². The van der Waals surface area contributed by atoms with E-state index in [4.69, 9.17) is 25.5 Å². The van der Waals surface area contributed by atoms with Crippen molar-refractivity contribution in [2.24, 2.45) is 0 Å². The Kier molecular flexibility index (Phi) is 3.63. The lowest BCUT2D eigenvalue weighted by Gasteiger charge is -2.18. The first-order valence-corrected chi connectivity index (χ1v) is 7.62. The molecule has 0 unspecified atom stereocenters. The molecule has 2 heterocycles. The van der Waals surface area contributed by atoms with Gasteiger partial charge in [0.2, 0.25) is 11.8 Å². The van der Waals surface area contributed by atoms with Crippen molar-refractivity contribution >= 4 is 11.6 Å². The molecule has 0 saturated carbocycles. The molecule has 0 saturated heterocycles. The van der Waals surface area contributed by atoms with Gasteiger partial charge in [-0.3, -0.25) is 0 Å². The van der Waals surface area contributed by atoms with E-state index < -0.39 is 0 Å². The summed E-state index contributed by atoms with van der Waals surface area (Å²) in [5.74, 6) is 2.52. The molecule has 0 aliphatic carbocycles. The molecule has 6 heteroatoms. The van der Waals surface area contributed by atoms with Crippen molar-refractivity contribution in [1.29, 1.82) is 0 Å². The lowest BCUT2D eigenvalue weighted by atomic mass is 10.1. The van der Waals surface area contributed by atoms with Crippen LogP contribution in [0.3, 0.4) is 0 Å². The van der Waals surface area contributed by atoms with Gasteiger partial charge in [-0.05, 0) is 35.9 Å². The number of aromatic nitrogens is 2. The molecule has 0 amide bonds. The Morgan fingerprint density at radius 1 is 0.957 bits per heavy atom. The quantitative estimate of drug-likeness (QED) is 0.733. The topological polar surface area (TPSA) is 57.4 Å². The maximum atomic E-state index is 5.98. The third kappa shape index (κ3) is 3.00. The van der Waals surface area contributed by atoms with Crippen molar-refractivity contribution < 1.29 is 13.9 Å². The maximum Gasteiger partial charge on any atom is 0.247 e. The molecule has 0 radical (unpaired) electrons. The number of hydrogen-bond donors (Lipinski definition) is 0. The maximum absolute atomic E-state index is 5.98. The van der Waals surface area contributed by atoms with Crippen LogP contribution in [0.4, 0.5) is 0 Å². The third-order valence-corrected chi connectivity index (χ3v) is 3.74. The highest BCUT2D eigenvalue weighted by atomic mass is 35.5. The van der Waals surface area contributed by atoms with Gasteiger partial charge in [0.25, 0.3) is 0 Å². The minimum Gasteiger partial charge on any atom is -0.486 e. The predicted octanol–water partition coefficient (Wildman–Crippen LogP) is 3.75. The van der Waals surface area contributed by atoms with Gasteiger partial charge < -0.3 is 13.9 Å². The van der Waals surface area contributed by atoms with Crippen LogP contribution in [-0.2, 0) is 6.42 Å². The largest absolute Gasteiger partial charge is 0.486 e. The number of ether oxygens (including phenoxy) is 2. The van der Waals surface area contributed by atoms with Gasteiger partial charge in [0.1, 0.15) is 13.2 Å². The SMILES string of the molecule is Clc1cccc(-c2nnc(Cc3ccc4c(c3)OCCO4)o2)c1. The smallest absolute Gasteiger partial charge is 0.247 e. The molecule has 1 aliphatic rings. The zero-order valence-corrected chi connectivity index (χ0v) is 12.9. The average Bonchev–Trinajstić information content (AvgIpc) is 3.03. The molecule has 3 aromatic rings. The molecule has 0 atom stereocenters. The van der Waals surface area contributed by atoms with E-state index in [1.165, 1.54) is 0 Å². The van der Waals surface area contributed by atoms with E-state index in [9.17, 15) is 0 Å². The summed E-state index contributed by atoms with van der Waals surface area (Å²) in [5.41, 5.74) is 1.83. The van der Waals surface area contributed by atoms with E-state index in [0.717, 1.165) is 22.6 Å². The molecule has 116 valence electrons. The van der Waals surface area contributed by atoms with Crippen molar-refractivity contribution in [2.75, 3.05) is 13.2 Å². The second-order valence-corrected chi connectivity index (χ2v) is 5.60. The first kappa shape index (κ1) is 14.1. The highest BCUT2D eigenvalue weighted by Crippen LogP contribution is 2.31. The van der Waals surface area contributed by atoms with E-state index in [1.807, 2.05) is 30.3 Å². The van der Waals surface area contributed by atoms with Crippen LogP contribution in [0.25, 0.3) is 11.5 Å². The molecule has 1 aliphatic heterocycles. The summed E-state index contributed by atoms with van der Waals surface area (Å²) in [4.78, 5) is 0. The monoisotopic (exact) mass is 328 g/mol. The van der Waals surface area contributed by atoms with Crippen molar-refractivity contribution in [2.45, 2.75) is 6.42 Å². The summed E-state index contributed by atoms with van der Waals surface area (Å²) in [7, 11) is 0. The van der Waals surface area contributed by atoms with Gasteiger partial charge in [-0.2, -0.15) is 0 Å². The van der Waals surface area contributed by atoms with Gasteiger partial charge in [-0.1, -0.05) is 23.7 Å². The van der Waals surface area contributed by atoms with Gasteiger partial charge in [0, 0.05) is 10.6 Å². The third-order valence-electron chi connectivity index (χ3n) is 3.50. The van der Waals surface area contributed by atoms with Gasteiger partial charge in [0.05, 0.1) is 6.42 Å². The zero-order chi connectivity index (χ0) is 15.6. The minimum atomic E-state index is 0.458. The van der Waals surface area contributed by atoms with Crippen LogP contribution in [0.2, 0.25) is 5.02 Å². The summed E-state index contributed by atoms with van der Waals surface area (Å²) in [6, 6.07) is 13.1. The normalized spacial score (nSPS) is 13.1. The summed E-state index contributed by atoms with van der Waals surface area (Å²) in [6.07, 6.45) is 0.532. The van der Waals surface area contributed by atoms with Gasteiger partial charge in [0.15, 0.2) is 11.5 Å². The van der Waals surface area contributed by atoms with E-state index in [-0.39, 0.29) is 0 Å². The number of hydrogen-bond acceptors (Lipinski definition) is 5. The number of nitrogens with zero attached hydrogens (tertiary/aromatic N) is 2. The summed E-state index contributed by atoms with van der Waals surface area (Å²) in [6.45, 7) is 1.15. The molecule has 0 bridgehead atoms. The molecular weight excluding hydrogens is 316 g/mol. The molecular formula is C17H13ClN2O3. The zero-order valence-electron chi connectivity index (χ0n) is 12.2. The van der Waals surface area contributed by atoms with Crippen LogP contribution in [-0.4, -0.2) is 23.4 Å². The Labute approximate surface area is 137 Å². The van der Waals surface area contributed by atoms with Crippen molar-refractivity contribution in [3.63, 3.8) is 0 Å². The van der Waals surface area contributed by atoms with Crippen LogP contribution < -0.4 is 9.47 Å². The molecule has 2 aromatic carbocycles. The second-order valence-electron chi connectivity index (χ2n) is 5.17. The highest BCUT2D eigenvalue weighted by Gasteiger charge is 2.14. The Morgan fingerprint density at radius 3 is 2.70 bits per heavy atom. The molecule has 0 fully saturated rings. The highest BCUT2D eigenvalue weighted by molar-refractivity contribution is 6.30. The lowest BCUT2D eigenvalue weighted by molar-refractivity contribution is 0.171. The van der Waals surface area contributed by atoms with Crippen LogP contribution in [0.5, 0.6) is 11.5 Å². The molecule has 1 aromatic heterocycles. The van der Waals surface area contributed by atoms with E-state index in [0.29, 0.717) is 36.4 Å². The van der Waals surface area contributed by atoms with E-state index in [2.05, 4.69) is 10.2 Å². The Morgan fingerprint density at radius 2 is 1.83 bits per heavy atom. The van der Waals surface area contributed by atoms with Crippen LogP contribution in [0.15, 0.2) is 46.9 Å². The molecule has 4 rings (SSSR count). The predicted molar refractivity (Wildman–Crippen MR) is 85.0 cm³/mol. The fourth-order valence-electron chi connectivity index (χ4n) is 2.44. The van der Waals surface area contributed by atoms with Crippen molar-refractivity contribution in [3.05, 3.63) is 58.9 Å². The molecule has 0 N–H and O–H groups in total. The summed E-state index contributed by atoms with van der Waals surface area (Å²) in [5, 5.41) is 8.81. The first-order valence-electron chi connectivity index (χ1n) is 7.25. The summed E-state index contributed by atoms with van der Waals surface area (Å²) >= 11 is 5.98. The lowest BCUT2D eigenvalue weighted by Crippen LogP contribution is -2.15. The van der Waals surface area contributed by atoms with E-state index >= 15 is 0 Å². The van der Waals surface area contributed by atoms with Gasteiger partial charge in [-0.15, -0.1) is 10.2 Å². The van der Waals surface area contributed by atoms with Crippen molar-refractivity contribution in [1.82, 2.24) is 10.2 Å². The number of benzene rings is 2. The fourth-order valence-corrected chi connectivity index (χ4v) is 2.63. The Balaban J connectivity index is 1.56. The Hall–Kier alpha value is -2.53. The second kappa shape index (κ2) is 5.93.